The standard InChI is InChI=1S/C4H15N4O4P/c5-2(6)1-12-4(3(7)8)13(9,10)11/h2-4H,1,5-8H2,(H2,9,10,11). The zero-order valence-corrected chi connectivity index (χ0v) is 7.80. The summed E-state index contributed by atoms with van der Waals surface area (Å²) in [6.45, 7) is -0.222. The fourth-order valence-electron chi connectivity index (χ4n) is 0.642. The molecule has 0 amide bonds. The summed E-state index contributed by atoms with van der Waals surface area (Å²) in [4.78, 5) is 17.4. The number of hydrogen-bond donors (Lipinski definition) is 6. The minimum Gasteiger partial charge on any atom is -0.360 e. The molecule has 0 heterocycles. The molecule has 80 valence electrons. The van der Waals surface area contributed by atoms with E-state index >= 15 is 0 Å². The quantitative estimate of drug-likeness (QED) is 0.207. The summed E-state index contributed by atoms with van der Waals surface area (Å²) < 4.78 is 15.4. The van der Waals surface area contributed by atoms with Crippen LogP contribution in [0.3, 0.4) is 0 Å². The van der Waals surface area contributed by atoms with E-state index in [4.69, 9.17) is 32.7 Å². The summed E-state index contributed by atoms with van der Waals surface area (Å²) in [5.74, 6) is -1.57. The van der Waals surface area contributed by atoms with E-state index in [1.54, 1.807) is 0 Å². The van der Waals surface area contributed by atoms with Gasteiger partial charge >= 0.3 is 7.60 Å². The fraction of sp³-hybridized carbons (Fsp3) is 1.00. The molecule has 0 aliphatic carbocycles. The average Bonchev–Trinajstić information content (AvgIpc) is 1.81. The van der Waals surface area contributed by atoms with Crippen LogP contribution in [0.1, 0.15) is 0 Å². The number of ether oxygens (including phenoxy) is 1. The maximum atomic E-state index is 10.7. The van der Waals surface area contributed by atoms with Crippen molar-refractivity contribution in [3.05, 3.63) is 0 Å². The highest BCUT2D eigenvalue weighted by Crippen LogP contribution is 2.42. The second kappa shape index (κ2) is 4.99. The highest BCUT2D eigenvalue weighted by atomic mass is 31.2. The maximum Gasteiger partial charge on any atom is 0.357 e. The molecule has 0 fully saturated rings. The van der Waals surface area contributed by atoms with E-state index in [1.165, 1.54) is 0 Å². The van der Waals surface area contributed by atoms with Gasteiger partial charge in [0.05, 0.1) is 18.9 Å². The van der Waals surface area contributed by atoms with E-state index in [-0.39, 0.29) is 6.61 Å². The Morgan fingerprint density at radius 2 is 1.69 bits per heavy atom. The molecule has 0 aliphatic rings. The SMILES string of the molecule is NC(N)COC(C(N)N)P(=O)(O)O. The van der Waals surface area contributed by atoms with Crippen molar-refractivity contribution in [1.29, 1.82) is 0 Å². The summed E-state index contributed by atoms with van der Waals surface area (Å²) in [6, 6.07) is 0. The van der Waals surface area contributed by atoms with Gasteiger partial charge in [0.1, 0.15) is 0 Å². The Bertz CT molecular complexity index is 193. The molecule has 0 aliphatic heterocycles. The Morgan fingerprint density at radius 3 is 1.92 bits per heavy atom. The van der Waals surface area contributed by atoms with Crippen LogP contribution in [0.2, 0.25) is 0 Å². The smallest absolute Gasteiger partial charge is 0.357 e. The molecule has 13 heavy (non-hydrogen) atoms. The molecule has 0 aromatic rings. The molecule has 1 atom stereocenters. The molecule has 1 unspecified atom stereocenters. The predicted molar refractivity (Wildman–Crippen MR) is 46.1 cm³/mol. The van der Waals surface area contributed by atoms with Crippen LogP contribution in [0.25, 0.3) is 0 Å². The predicted octanol–water partition coefficient (Wildman–Crippen LogP) is -3.01. The summed E-state index contributed by atoms with van der Waals surface area (Å²) in [5.41, 5.74) is 20.4. The molecule has 8 nitrogen and oxygen atoms in total. The number of rotatable bonds is 5. The van der Waals surface area contributed by atoms with Gasteiger partial charge < -0.3 is 37.5 Å². The van der Waals surface area contributed by atoms with Gasteiger partial charge in [-0.25, -0.2) is 0 Å². The molecule has 0 radical (unpaired) electrons. The van der Waals surface area contributed by atoms with Gasteiger partial charge in [-0.05, 0) is 0 Å². The summed E-state index contributed by atoms with van der Waals surface area (Å²) in [7, 11) is -4.47. The van der Waals surface area contributed by atoms with Crippen LogP contribution in [-0.2, 0) is 9.30 Å². The Balaban J connectivity index is 4.21. The molecule has 0 saturated carbocycles. The largest absolute Gasteiger partial charge is 0.360 e. The Labute approximate surface area is 75.4 Å². The van der Waals surface area contributed by atoms with Crippen molar-refractivity contribution in [3.8, 4) is 0 Å². The minimum absolute atomic E-state index is 0.222. The molecule has 10 N–H and O–H groups in total. The lowest BCUT2D eigenvalue weighted by atomic mass is 10.5. The highest BCUT2D eigenvalue weighted by molar-refractivity contribution is 7.52. The van der Waals surface area contributed by atoms with Crippen LogP contribution >= 0.6 is 7.60 Å². The molecule has 0 aromatic heterocycles. The van der Waals surface area contributed by atoms with Gasteiger partial charge in [-0.3, -0.25) is 4.57 Å². The summed E-state index contributed by atoms with van der Waals surface area (Å²) >= 11 is 0. The lowest BCUT2D eigenvalue weighted by Crippen LogP contribution is -2.46. The van der Waals surface area contributed by atoms with E-state index < -0.39 is 25.8 Å². The van der Waals surface area contributed by atoms with E-state index in [2.05, 4.69) is 4.74 Å². The van der Waals surface area contributed by atoms with Gasteiger partial charge in [0, 0.05) is 0 Å². The molecule has 0 aromatic carbocycles. The van der Waals surface area contributed by atoms with Crippen molar-refractivity contribution >= 4 is 7.60 Å². The van der Waals surface area contributed by atoms with Crippen LogP contribution in [0.4, 0.5) is 0 Å². The summed E-state index contributed by atoms with van der Waals surface area (Å²) in [5, 5.41) is 0. The van der Waals surface area contributed by atoms with Gasteiger partial charge in [-0.15, -0.1) is 0 Å². The van der Waals surface area contributed by atoms with Crippen molar-refractivity contribution in [2.24, 2.45) is 22.9 Å². The molecule has 0 saturated heterocycles. The third-order valence-electron chi connectivity index (χ3n) is 1.12. The third-order valence-corrected chi connectivity index (χ3v) is 2.28. The normalized spacial score (nSPS) is 15.4. The van der Waals surface area contributed by atoms with Crippen molar-refractivity contribution in [2.45, 2.75) is 18.2 Å². The van der Waals surface area contributed by atoms with Gasteiger partial charge in [-0.2, -0.15) is 0 Å². The fourth-order valence-corrected chi connectivity index (χ4v) is 1.37. The monoisotopic (exact) mass is 214 g/mol. The van der Waals surface area contributed by atoms with Gasteiger partial charge in [0.15, 0.2) is 5.85 Å². The Morgan fingerprint density at radius 1 is 1.23 bits per heavy atom. The zero-order chi connectivity index (χ0) is 10.6. The third kappa shape index (κ3) is 5.29. The lowest BCUT2D eigenvalue weighted by Gasteiger charge is -2.22. The molecular weight excluding hydrogens is 199 g/mol. The average molecular weight is 214 g/mol. The molecule has 0 spiro atoms. The van der Waals surface area contributed by atoms with Crippen LogP contribution < -0.4 is 22.9 Å². The van der Waals surface area contributed by atoms with E-state index in [0.717, 1.165) is 0 Å². The first-order valence-corrected chi connectivity index (χ1v) is 5.12. The van der Waals surface area contributed by atoms with E-state index in [1.807, 2.05) is 0 Å². The first-order valence-electron chi connectivity index (χ1n) is 3.44. The minimum atomic E-state index is -4.47. The number of hydrogen-bond acceptors (Lipinski definition) is 6. The first-order chi connectivity index (χ1) is 5.75. The van der Waals surface area contributed by atoms with Gasteiger partial charge in [0.25, 0.3) is 0 Å². The van der Waals surface area contributed by atoms with Crippen molar-refractivity contribution in [2.75, 3.05) is 6.61 Å². The second-order valence-corrected chi connectivity index (χ2v) is 4.24. The maximum absolute atomic E-state index is 10.7. The van der Waals surface area contributed by atoms with Crippen molar-refractivity contribution in [3.63, 3.8) is 0 Å². The molecule has 9 heteroatoms. The number of nitrogens with two attached hydrogens (primary N) is 4. The molecular formula is C4H15N4O4P. The molecule has 0 bridgehead atoms. The van der Waals surface area contributed by atoms with E-state index in [9.17, 15) is 4.57 Å². The van der Waals surface area contributed by atoms with Gasteiger partial charge in [-0.1, -0.05) is 0 Å². The molecule has 0 rings (SSSR count). The topological polar surface area (TPSA) is 171 Å². The van der Waals surface area contributed by atoms with Crippen LogP contribution in [0, 0.1) is 0 Å². The Hall–Kier alpha value is -0.0500. The van der Waals surface area contributed by atoms with Crippen LogP contribution in [-0.4, -0.2) is 34.6 Å². The second-order valence-electron chi connectivity index (χ2n) is 2.55. The zero-order valence-electron chi connectivity index (χ0n) is 6.91. The van der Waals surface area contributed by atoms with Crippen LogP contribution in [0.15, 0.2) is 0 Å². The Kier molecular flexibility index (Phi) is 4.97. The van der Waals surface area contributed by atoms with Gasteiger partial charge in [0.2, 0.25) is 0 Å². The first kappa shape index (κ1) is 12.9. The van der Waals surface area contributed by atoms with Crippen molar-refractivity contribution < 1.29 is 19.1 Å². The summed E-state index contributed by atoms with van der Waals surface area (Å²) in [6.07, 6.45) is -2.10. The highest BCUT2D eigenvalue weighted by Gasteiger charge is 2.33. The van der Waals surface area contributed by atoms with E-state index in [0.29, 0.717) is 0 Å². The van der Waals surface area contributed by atoms with Crippen LogP contribution in [0.5, 0.6) is 0 Å². The van der Waals surface area contributed by atoms with Crippen molar-refractivity contribution in [1.82, 2.24) is 0 Å². The lowest BCUT2D eigenvalue weighted by molar-refractivity contribution is 0.0624.